The van der Waals surface area contributed by atoms with Crippen LogP contribution in [0, 0.1) is 0 Å². The smallest absolute Gasteiger partial charge is 0.306 e. The third kappa shape index (κ3) is 30.4. The van der Waals surface area contributed by atoms with Crippen LogP contribution >= 0.6 is 0 Å². The van der Waals surface area contributed by atoms with Crippen LogP contribution in [0.4, 0.5) is 0 Å². The third-order valence-electron chi connectivity index (χ3n) is 13.4. The van der Waals surface area contributed by atoms with Gasteiger partial charge in [0.05, 0.1) is 26.4 Å². The second-order valence-corrected chi connectivity index (χ2v) is 19.7. The van der Waals surface area contributed by atoms with Crippen molar-refractivity contribution in [2.24, 2.45) is 0 Å². The SMILES string of the molecule is CC/C=C\C/C=C\C/C=C\CCCCCCOCC(COC1OC(COC2OC(CO)C(O)C(O)C2O)C(O)C(O)C1O)OC(=O)CCCCCCCCCCCCCCCCCCCCCCCC. The van der Waals surface area contributed by atoms with E-state index in [-0.39, 0.29) is 25.6 Å². The summed E-state index contributed by atoms with van der Waals surface area (Å²) in [6.07, 6.45) is 33.6. The highest BCUT2D eigenvalue weighted by Crippen LogP contribution is 2.27. The Labute approximate surface area is 423 Å². The molecule has 2 fully saturated rings. The Morgan fingerprint density at radius 3 is 1.46 bits per heavy atom. The second-order valence-electron chi connectivity index (χ2n) is 19.7. The van der Waals surface area contributed by atoms with Crippen LogP contribution in [0.25, 0.3) is 0 Å². The van der Waals surface area contributed by atoms with Crippen molar-refractivity contribution in [2.75, 3.05) is 33.0 Å². The van der Waals surface area contributed by atoms with Crippen LogP contribution in [0.1, 0.15) is 213 Å². The molecule has 0 radical (unpaired) electrons. The highest BCUT2D eigenvalue weighted by Gasteiger charge is 2.47. The van der Waals surface area contributed by atoms with Crippen LogP contribution in [0.15, 0.2) is 36.5 Å². The number of esters is 1. The van der Waals surface area contributed by atoms with Gasteiger partial charge in [0.2, 0.25) is 0 Å². The lowest BCUT2D eigenvalue weighted by atomic mass is 9.98. The standard InChI is InChI=1S/C56H102O14/c1-3-5-7-9-11-13-15-17-19-20-21-22-23-24-25-26-27-29-31-33-35-37-39-48(58)68-45(42-65-40-38-36-34-32-30-28-18-16-14-12-10-8-6-4-2)43-66-55-54(64)52(62)50(60)47(70-55)44-67-56-53(63)51(61)49(59)46(41-57)69-56/h6,8,12,14,18,28,45-47,49-57,59-64H,3-5,7,9-11,13,15-17,19-27,29-44H2,1-2H3/b8-6-,14-12-,28-18-. The van der Waals surface area contributed by atoms with Crippen molar-refractivity contribution in [1.29, 1.82) is 0 Å². The minimum Gasteiger partial charge on any atom is -0.457 e. The predicted octanol–water partition coefficient (Wildman–Crippen LogP) is 9.36. The van der Waals surface area contributed by atoms with Gasteiger partial charge in [-0.2, -0.15) is 0 Å². The van der Waals surface area contributed by atoms with Gasteiger partial charge in [0, 0.05) is 13.0 Å². The summed E-state index contributed by atoms with van der Waals surface area (Å²) in [6.45, 7) is 3.55. The van der Waals surface area contributed by atoms with Crippen LogP contribution in [-0.2, 0) is 33.2 Å². The second kappa shape index (κ2) is 43.6. The van der Waals surface area contributed by atoms with Gasteiger partial charge in [-0.3, -0.25) is 4.79 Å². The Kier molecular flexibility index (Phi) is 40.1. The summed E-state index contributed by atoms with van der Waals surface area (Å²) in [7, 11) is 0. The molecule has 0 aromatic carbocycles. The van der Waals surface area contributed by atoms with E-state index in [2.05, 4.69) is 50.3 Å². The Hall–Kier alpha value is -1.79. The van der Waals surface area contributed by atoms with Gasteiger partial charge < -0.3 is 64.2 Å². The first-order valence-corrected chi connectivity index (χ1v) is 28.1. The first-order chi connectivity index (χ1) is 34.1. The van der Waals surface area contributed by atoms with Crippen LogP contribution in [0.2, 0.25) is 0 Å². The zero-order valence-corrected chi connectivity index (χ0v) is 43.8. The van der Waals surface area contributed by atoms with Gasteiger partial charge in [-0.15, -0.1) is 0 Å². The Bertz CT molecular complexity index is 1300. The monoisotopic (exact) mass is 999 g/mol. The summed E-state index contributed by atoms with van der Waals surface area (Å²) in [5.41, 5.74) is 0. The minimum atomic E-state index is -1.71. The molecule has 70 heavy (non-hydrogen) atoms. The highest BCUT2D eigenvalue weighted by atomic mass is 16.7. The topological polar surface area (TPSA) is 214 Å². The molecule has 2 saturated heterocycles. The number of unbranched alkanes of at least 4 members (excludes halogenated alkanes) is 25. The van der Waals surface area contributed by atoms with Crippen molar-refractivity contribution in [3.8, 4) is 0 Å². The number of aliphatic hydroxyl groups is 7. The summed E-state index contributed by atoms with van der Waals surface area (Å²) in [4.78, 5) is 13.1. The van der Waals surface area contributed by atoms with Crippen molar-refractivity contribution in [1.82, 2.24) is 0 Å². The zero-order chi connectivity index (χ0) is 50.9. The molecule has 0 aromatic heterocycles. The Morgan fingerprint density at radius 2 is 0.929 bits per heavy atom. The van der Waals surface area contributed by atoms with Gasteiger partial charge in [0.1, 0.15) is 54.9 Å². The lowest BCUT2D eigenvalue weighted by molar-refractivity contribution is -0.332. The molecule has 0 saturated carbocycles. The number of carbonyl (C=O) groups is 1. The van der Waals surface area contributed by atoms with E-state index in [1.54, 1.807) is 0 Å². The number of hydrogen-bond donors (Lipinski definition) is 7. The van der Waals surface area contributed by atoms with Crippen LogP contribution < -0.4 is 0 Å². The maximum atomic E-state index is 13.1. The van der Waals surface area contributed by atoms with Crippen molar-refractivity contribution in [2.45, 2.75) is 280 Å². The van der Waals surface area contributed by atoms with E-state index in [1.807, 2.05) is 0 Å². The van der Waals surface area contributed by atoms with Crippen molar-refractivity contribution in [3.05, 3.63) is 36.5 Å². The molecule has 0 bridgehead atoms. The maximum Gasteiger partial charge on any atom is 0.306 e. The van der Waals surface area contributed by atoms with Gasteiger partial charge >= 0.3 is 5.97 Å². The van der Waals surface area contributed by atoms with Gasteiger partial charge in [-0.25, -0.2) is 0 Å². The van der Waals surface area contributed by atoms with Crippen LogP contribution in [-0.4, -0.2) is 142 Å². The lowest BCUT2D eigenvalue weighted by Gasteiger charge is -2.42. The summed E-state index contributed by atoms with van der Waals surface area (Å²) < 4.78 is 34.3. The molecular formula is C56H102O14. The van der Waals surface area contributed by atoms with Crippen molar-refractivity contribution >= 4 is 5.97 Å². The summed E-state index contributed by atoms with van der Waals surface area (Å²) in [6, 6.07) is 0. The molecule has 0 spiro atoms. The first-order valence-electron chi connectivity index (χ1n) is 28.1. The third-order valence-corrected chi connectivity index (χ3v) is 13.4. The van der Waals surface area contributed by atoms with Crippen LogP contribution in [0.3, 0.4) is 0 Å². The number of aliphatic hydroxyl groups excluding tert-OH is 7. The number of allylic oxidation sites excluding steroid dienone is 6. The fraction of sp³-hybridized carbons (Fsp3) is 0.875. The van der Waals surface area contributed by atoms with E-state index in [0.717, 1.165) is 70.6 Å². The van der Waals surface area contributed by atoms with Crippen molar-refractivity contribution < 1.29 is 69.0 Å². The van der Waals surface area contributed by atoms with E-state index in [0.29, 0.717) is 13.0 Å². The maximum absolute atomic E-state index is 13.1. The largest absolute Gasteiger partial charge is 0.457 e. The average Bonchev–Trinajstić information content (AvgIpc) is 3.36. The molecule has 11 unspecified atom stereocenters. The van der Waals surface area contributed by atoms with Gasteiger partial charge in [0.15, 0.2) is 12.6 Å². The average molecular weight is 999 g/mol. The van der Waals surface area contributed by atoms with Gasteiger partial charge in [-0.05, 0) is 44.9 Å². The molecule has 0 amide bonds. The van der Waals surface area contributed by atoms with Gasteiger partial charge in [-0.1, -0.05) is 198 Å². The van der Waals surface area contributed by atoms with E-state index in [4.69, 9.17) is 28.4 Å². The Morgan fingerprint density at radius 1 is 0.486 bits per heavy atom. The molecule has 410 valence electrons. The number of rotatable bonds is 45. The molecule has 2 heterocycles. The summed E-state index contributed by atoms with van der Waals surface area (Å²) in [5, 5.41) is 72.2. The van der Waals surface area contributed by atoms with Crippen molar-refractivity contribution in [3.63, 3.8) is 0 Å². The molecule has 11 atom stereocenters. The van der Waals surface area contributed by atoms with Gasteiger partial charge in [0.25, 0.3) is 0 Å². The quantitative estimate of drug-likeness (QED) is 0.0172. The number of hydrogen-bond acceptors (Lipinski definition) is 14. The minimum absolute atomic E-state index is 0.0488. The predicted molar refractivity (Wildman–Crippen MR) is 275 cm³/mol. The molecular weight excluding hydrogens is 897 g/mol. The summed E-state index contributed by atoms with van der Waals surface area (Å²) >= 11 is 0. The van der Waals surface area contributed by atoms with Crippen LogP contribution in [0.5, 0.6) is 0 Å². The number of carbonyl (C=O) groups excluding carboxylic acids is 1. The van der Waals surface area contributed by atoms with E-state index >= 15 is 0 Å². The zero-order valence-electron chi connectivity index (χ0n) is 43.8. The Balaban J connectivity index is 1.71. The lowest BCUT2D eigenvalue weighted by Crippen LogP contribution is -2.61. The fourth-order valence-corrected chi connectivity index (χ4v) is 8.89. The highest BCUT2D eigenvalue weighted by molar-refractivity contribution is 5.69. The van der Waals surface area contributed by atoms with E-state index in [9.17, 15) is 40.5 Å². The first kappa shape index (κ1) is 64.3. The van der Waals surface area contributed by atoms with E-state index < -0.39 is 80.7 Å². The van der Waals surface area contributed by atoms with E-state index in [1.165, 1.54) is 116 Å². The normalized spacial score (nSPS) is 25.7. The number of ether oxygens (including phenoxy) is 6. The molecule has 14 heteroatoms. The molecule has 0 aromatic rings. The molecule has 7 N–H and O–H groups in total. The fourth-order valence-electron chi connectivity index (χ4n) is 8.89. The molecule has 2 aliphatic heterocycles. The molecule has 2 aliphatic rings. The summed E-state index contributed by atoms with van der Waals surface area (Å²) in [5.74, 6) is -0.381. The molecule has 0 aliphatic carbocycles. The molecule has 2 rings (SSSR count). The molecule has 14 nitrogen and oxygen atoms in total.